The molecule has 0 aromatic carbocycles. The van der Waals surface area contributed by atoms with Crippen molar-refractivity contribution in [3.63, 3.8) is 0 Å². The fourth-order valence-corrected chi connectivity index (χ4v) is 2.36. The summed E-state index contributed by atoms with van der Waals surface area (Å²) in [6.07, 6.45) is 0. The number of aromatic hydroxyl groups is 1. The highest BCUT2D eigenvalue weighted by Gasteiger charge is 2.12. The number of hydrogen-bond donors (Lipinski definition) is 1. The summed E-state index contributed by atoms with van der Waals surface area (Å²) in [7, 11) is 2.07. The summed E-state index contributed by atoms with van der Waals surface area (Å²) in [4.78, 5) is 6.60. The molecule has 0 aliphatic carbocycles. The number of aryl methyl sites for hydroxylation is 1. The minimum Gasteiger partial charge on any atom is -0.506 e. The second-order valence-corrected chi connectivity index (χ2v) is 5.66. The van der Waals surface area contributed by atoms with E-state index in [4.69, 9.17) is 0 Å². The van der Waals surface area contributed by atoms with Gasteiger partial charge in [-0.15, -0.1) is 0 Å². The van der Waals surface area contributed by atoms with E-state index in [2.05, 4.69) is 30.8 Å². The third-order valence-electron chi connectivity index (χ3n) is 2.80. The fourth-order valence-electron chi connectivity index (χ4n) is 1.53. The van der Waals surface area contributed by atoms with Crippen molar-refractivity contribution >= 4 is 11.8 Å². The lowest BCUT2D eigenvalue weighted by Crippen LogP contribution is -2.31. The molecule has 0 aliphatic rings. The lowest BCUT2D eigenvalue weighted by atomic mass is 10.2. The van der Waals surface area contributed by atoms with Gasteiger partial charge in [-0.3, -0.25) is 9.88 Å². The maximum absolute atomic E-state index is 9.75. The topological polar surface area (TPSA) is 36.4 Å². The van der Waals surface area contributed by atoms with Crippen molar-refractivity contribution in [2.45, 2.75) is 33.4 Å². The number of aromatic nitrogens is 1. The van der Waals surface area contributed by atoms with Crippen molar-refractivity contribution in [2.75, 3.05) is 18.6 Å². The van der Waals surface area contributed by atoms with Crippen LogP contribution in [-0.4, -0.2) is 39.6 Å². The first-order chi connectivity index (χ1) is 8.04. The average molecular weight is 254 g/mol. The molecule has 0 saturated heterocycles. The Morgan fingerprint density at radius 3 is 2.82 bits per heavy atom. The van der Waals surface area contributed by atoms with Gasteiger partial charge in [0, 0.05) is 24.0 Å². The second-order valence-electron chi connectivity index (χ2n) is 4.34. The summed E-state index contributed by atoms with van der Waals surface area (Å²) >= 11 is 1.94. The molecule has 0 fully saturated rings. The van der Waals surface area contributed by atoms with Crippen molar-refractivity contribution in [1.29, 1.82) is 0 Å². The van der Waals surface area contributed by atoms with E-state index in [-0.39, 0.29) is 5.75 Å². The molecule has 0 bridgehead atoms. The van der Waals surface area contributed by atoms with Crippen LogP contribution in [0.2, 0.25) is 0 Å². The van der Waals surface area contributed by atoms with Crippen LogP contribution in [0, 0.1) is 6.92 Å². The SMILES string of the molecule is CCSC[C@H](C)N(C)Cc1nc(C)ccc1O. The zero-order valence-corrected chi connectivity index (χ0v) is 11.9. The summed E-state index contributed by atoms with van der Waals surface area (Å²) in [5.74, 6) is 2.55. The molecule has 0 amide bonds. The van der Waals surface area contributed by atoms with Crippen molar-refractivity contribution in [1.82, 2.24) is 9.88 Å². The van der Waals surface area contributed by atoms with Crippen LogP contribution in [0.15, 0.2) is 12.1 Å². The quantitative estimate of drug-likeness (QED) is 0.847. The van der Waals surface area contributed by atoms with Crippen LogP contribution in [0.3, 0.4) is 0 Å². The maximum atomic E-state index is 9.75. The Morgan fingerprint density at radius 2 is 2.18 bits per heavy atom. The van der Waals surface area contributed by atoms with Crippen LogP contribution >= 0.6 is 11.8 Å². The van der Waals surface area contributed by atoms with Crippen LogP contribution in [0.4, 0.5) is 0 Å². The van der Waals surface area contributed by atoms with Crippen LogP contribution < -0.4 is 0 Å². The Kier molecular flexibility index (Phi) is 5.78. The molecule has 0 saturated carbocycles. The molecule has 0 unspecified atom stereocenters. The Hall–Kier alpha value is -0.740. The van der Waals surface area contributed by atoms with Gasteiger partial charge in [0.2, 0.25) is 0 Å². The molecule has 0 radical (unpaired) electrons. The molecule has 0 spiro atoms. The number of thioether (sulfide) groups is 1. The van der Waals surface area contributed by atoms with Crippen LogP contribution in [0.1, 0.15) is 25.2 Å². The summed E-state index contributed by atoms with van der Waals surface area (Å²) in [6.45, 7) is 7.01. The third-order valence-corrected chi connectivity index (χ3v) is 3.93. The molecule has 0 aliphatic heterocycles. The normalized spacial score (nSPS) is 13.0. The first-order valence-electron chi connectivity index (χ1n) is 5.98. The summed E-state index contributed by atoms with van der Waals surface area (Å²) in [5.41, 5.74) is 1.71. The lowest BCUT2D eigenvalue weighted by Gasteiger charge is -2.24. The molecule has 4 heteroatoms. The van der Waals surface area contributed by atoms with Gasteiger partial charge in [0.1, 0.15) is 5.75 Å². The van der Waals surface area contributed by atoms with Crippen molar-refractivity contribution in [3.8, 4) is 5.75 Å². The highest BCUT2D eigenvalue weighted by molar-refractivity contribution is 7.99. The molecule has 17 heavy (non-hydrogen) atoms. The first kappa shape index (κ1) is 14.3. The molecule has 1 aromatic heterocycles. The van der Waals surface area contributed by atoms with Gasteiger partial charge >= 0.3 is 0 Å². The van der Waals surface area contributed by atoms with Gasteiger partial charge in [-0.1, -0.05) is 6.92 Å². The minimum absolute atomic E-state index is 0.290. The van der Waals surface area contributed by atoms with Gasteiger partial charge in [-0.05, 0) is 38.8 Å². The molecule has 1 aromatic rings. The van der Waals surface area contributed by atoms with Crippen molar-refractivity contribution < 1.29 is 5.11 Å². The maximum Gasteiger partial charge on any atom is 0.138 e. The molecule has 1 rings (SSSR count). The van der Waals surface area contributed by atoms with Gasteiger partial charge in [-0.25, -0.2) is 0 Å². The van der Waals surface area contributed by atoms with E-state index in [0.29, 0.717) is 12.6 Å². The van der Waals surface area contributed by atoms with E-state index in [9.17, 15) is 5.11 Å². The highest BCUT2D eigenvalue weighted by Crippen LogP contribution is 2.18. The lowest BCUT2D eigenvalue weighted by molar-refractivity contribution is 0.262. The predicted octanol–water partition coefficient (Wildman–Crippen LogP) is 2.67. The average Bonchev–Trinajstić information content (AvgIpc) is 2.30. The van der Waals surface area contributed by atoms with E-state index in [0.717, 1.165) is 22.9 Å². The Labute approximate surface area is 108 Å². The van der Waals surface area contributed by atoms with Crippen molar-refractivity contribution in [3.05, 3.63) is 23.5 Å². The van der Waals surface area contributed by atoms with Gasteiger partial charge in [0.25, 0.3) is 0 Å². The van der Waals surface area contributed by atoms with Gasteiger partial charge in [0.15, 0.2) is 0 Å². The zero-order chi connectivity index (χ0) is 12.8. The first-order valence-corrected chi connectivity index (χ1v) is 7.13. The monoisotopic (exact) mass is 254 g/mol. The molecular formula is C13H22N2OS. The minimum atomic E-state index is 0.290. The number of hydrogen-bond acceptors (Lipinski definition) is 4. The standard InChI is InChI=1S/C13H22N2OS/c1-5-17-9-11(3)15(4)8-12-13(16)7-6-10(2)14-12/h6-7,11,16H,5,8-9H2,1-4H3/t11-/m0/s1. The molecule has 1 heterocycles. The fraction of sp³-hybridized carbons (Fsp3) is 0.615. The highest BCUT2D eigenvalue weighted by atomic mass is 32.2. The largest absolute Gasteiger partial charge is 0.506 e. The Balaban J connectivity index is 2.60. The van der Waals surface area contributed by atoms with Gasteiger partial charge in [0.05, 0.1) is 5.69 Å². The van der Waals surface area contributed by atoms with E-state index >= 15 is 0 Å². The molecule has 1 N–H and O–H groups in total. The van der Waals surface area contributed by atoms with Gasteiger partial charge < -0.3 is 5.11 Å². The van der Waals surface area contributed by atoms with Crippen LogP contribution in [0.5, 0.6) is 5.75 Å². The Bertz CT molecular complexity index is 357. The molecule has 3 nitrogen and oxygen atoms in total. The van der Waals surface area contributed by atoms with Crippen LogP contribution in [0.25, 0.3) is 0 Å². The van der Waals surface area contributed by atoms with E-state index in [1.807, 2.05) is 24.8 Å². The summed E-state index contributed by atoms with van der Waals surface area (Å²) in [5, 5.41) is 9.75. The number of rotatable bonds is 6. The molecular weight excluding hydrogens is 232 g/mol. The van der Waals surface area contributed by atoms with Gasteiger partial charge in [-0.2, -0.15) is 11.8 Å². The third kappa shape index (κ3) is 4.56. The second kappa shape index (κ2) is 6.87. The zero-order valence-electron chi connectivity index (χ0n) is 11.1. The predicted molar refractivity (Wildman–Crippen MR) is 74.6 cm³/mol. The molecule has 1 atom stereocenters. The van der Waals surface area contributed by atoms with Crippen LogP contribution in [-0.2, 0) is 6.54 Å². The summed E-state index contributed by atoms with van der Waals surface area (Å²) < 4.78 is 0. The smallest absolute Gasteiger partial charge is 0.138 e. The summed E-state index contributed by atoms with van der Waals surface area (Å²) in [6, 6.07) is 4.04. The van der Waals surface area contributed by atoms with E-state index < -0.39 is 0 Å². The Morgan fingerprint density at radius 1 is 1.47 bits per heavy atom. The van der Waals surface area contributed by atoms with Crippen molar-refractivity contribution in [2.24, 2.45) is 0 Å². The van der Waals surface area contributed by atoms with E-state index in [1.54, 1.807) is 6.07 Å². The van der Waals surface area contributed by atoms with E-state index in [1.165, 1.54) is 0 Å². The number of nitrogens with zero attached hydrogens (tertiary/aromatic N) is 2. The molecule has 96 valence electrons. The number of pyridine rings is 1.